The SMILES string of the molecule is COc1cc(CN(C)C(=O)C2CC(F)(F)CN2)ccc1SC. The molecule has 1 aromatic carbocycles. The highest BCUT2D eigenvalue weighted by Crippen LogP contribution is 2.29. The Morgan fingerprint density at radius 3 is 2.82 bits per heavy atom. The summed E-state index contributed by atoms with van der Waals surface area (Å²) >= 11 is 1.58. The van der Waals surface area contributed by atoms with Crippen LogP contribution in [0.5, 0.6) is 5.75 Å². The Bertz CT molecular complexity index is 554. The van der Waals surface area contributed by atoms with Gasteiger partial charge in [0.2, 0.25) is 5.91 Å². The molecule has 1 N–H and O–H groups in total. The zero-order valence-corrected chi connectivity index (χ0v) is 13.7. The average molecular weight is 330 g/mol. The lowest BCUT2D eigenvalue weighted by molar-refractivity contribution is -0.132. The standard InChI is InChI=1S/C15H20F2N2O2S/c1-19(14(20)11-7-15(16,17)9-18-11)8-10-4-5-13(22-3)12(6-10)21-2/h4-6,11,18H,7-9H2,1-3H3. The van der Waals surface area contributed by atoms with E-state index in [2.05, 4.69) is 5.32 Å². The average Bonchev–Trinajstić information content (AvgIpc) is 2.86. The minimum absolute atomic E-state index is 0.315. The smallest absolute Gasteiger partial charge is 0.262 e. The van der Waals surface area contributed by atoms with E-state index >= 15 is 0 Å². The van der Waals surface area contributed by atoms with E-state index in [1.807, 2.05) is 24.5 Å². The zero-order valence-electron chi connectivity index (χ0n) is 12.9. The highest BCUT2D eigenvalue weighted by Gasteiger charge is 2.43. The van der Waals surface area contributed by atoms with Gasteiger partial charge in [-0.15, -0.1) is 11.8 Å². The van der Waals surface area contributed by atoms with Crippen molar-refractivity contribution >= 4 is 17.7 Å². The van der Waals surface area contributed by atoms with E-state index in [-0.39, 0.29) is 5.91 Å². The van der Waals surface area contributed by atoms with Crippen LogP contribution in [0, 0.1) is 0 Å². The summed E-state index contributed by atoms with van der Waals surface area (Å²) in [6, 6.07) is 4.90. The summed E-state index contributed by atoms with van der Waals surface area (Å²) in [5.41, 5.74) is 0.898. The van der Waals surface area contributed by atoms with Gasteiger partial charge in [0.05, 0.1) is 19.7 Å². The second-order valence-electron chi connectivity index (χ2n) is 5.38. The number of thioether (sulfide) groups is 1. The van der Waals surface area contributed by atoms with Gasteiger partial charge in [-0.05, 0) is 24.0 Å². The molecule has 7 heteroatoms. The first-order valence-corrected chi connectivity index (χ1v) is 8.16. The largest absolute Gasteiger partial charge is 0.496 e. The molecule has 22 heavy (non-hydrogen) atoms. The predicted molar refractivity (Wildman–Crippen MR) is 82.6 cm³/mol. The van der Waals surface area contributed by atoms with Crippen LogP contribution in [0.2, 0.25) is 0 Å². The molecule has 0 bridgehead atoms. The molecule has 1 atom stereocenters. The highest BCUT2D eigenvalue weighted by molar-refractivity contribution is 7.98. The molecule has 4 nitrogen and oxygen atoms in total. The predicted octanol–water partition coefficient (Wildman–Crippen LogP) is 2.37. The number of benzene rings is 1. The third kappa shape index (κ3) is 3.89. The molecule has 1 heterocycles. The van der Waals surface area contributed by atoms with Gasteiger partial charge in [-0.25, -0.2) is 8.78 Å². The van der Waals surface area contributed by atoms with Crippen LogP contribution < -0.4 is 10.1 Å². The third-order valence-corrected chi connectivity index (χ3v) is 4.43. The van der Waals surface area contributed by atoms with Crippen molar-refractivity contribution in [1.82, 2.24) is 10.2 Å². The molecule has 1 amide bonds. The van der Waals surface area contributed by atoms with Gasteiger partial charge in [0.1, 0.15) is 5.75 Å². The third-order valence-electron chi connectivity index (χ3n) is 3.65. The Hall–Kier alpha value is -1.34. The van der Waals surface area contributed by atoms with Gasteiger partial charge < -0.3 is 9.64 Å². The monoisotopic (exact) mass is 330 g/mol. The maximum absolute atomic E-state index is 13.2. The van der Waals surface area contributed by atoms with Crippen LogP contribution in [0.25, 0.3) is 0 Å². The van der Waals surface area contributed by atoms with Gasteiger partial charge >= 0.3 is 0 Å². The first kappa shape index (κ1) is 17.0. The van der Waals surface area contributed by atoms with Gasteiger partial charge in [-0.3, -0.25) is 10.1 Å². The van der Waals surface area contributed by atoms with Crippen LogP contribution in [0.4, 0.5) is 8.78 Å². The number of amides is 1. The molecule has 0 aliphatic carbocycles. The van der Waals surface area contributed by atoms with E-state index in [0.29, 0.717) is 6.54 Å². The van der Waals surface area contributed by atoms with Crippen molar-refractivity contribution in [2.24, 2.45) is 0 Å². The van der Waals surface area contributed by atoms with Gasteiger partial charge in [0.15, 0.2) is 0 Å². The Labute approximate surface area is 133 Å². The van der Waals surface area contributed by atoms with E-state index in [9.17, 15) is 13.6 Å². The van der Waals surface area contributed by atoms with Crippen LogP contribution in [0.3, 0.4) is 0 Å². The maximum Gasteiger partial charge on any atom is 0.262 e. The molecule has 0 saturated carbocycles. The lowest BCUT2D eigenvalue weighted by Crippen LogP contribution is -2.41. The molecule has 0 spiro atoms. The summed E-state index contributed by atoms with van der Waals surface area (Å²) in [5.74, 6) is -2.37. The first-order valence-electron chi connectivity index (χ1n) is 6.93. The van der Waals surface area contributed by atoms with E-state index in [4.69, 9.17) is 4.74 Å². The fraction of sp³-hybridized carbons (Fsp3) is 0.533. The van der Waals surface area contributed by atoms with Gasteiger partial charge in [0.25, 0.3) is 5.92 Å². The van der Waals surface area contributed by atoms with Crippen molar-refractivity contribution in [3.63, 3.8) is 0 Å². The molecule has 122 valence electrons. The van der Waals surface area contributed by atoms with Gasteiger partial charge in [0, 0.05) is 24.9 Å². The topological polar surface area (TPSA) is 41.6 Å². The number of alkyl halides is 2. The van der Waals surface area contributed by atoms with Gasteiger partial charge in [-0.2, -0.15) is 0 Å². The van der Waals surface area contributed by atoms with Crippen LogP contribution in [-0.2, 0) is 11.3 Å². The van der Waals surface area contributed by atoms with E-state index in [1.165, 1.54) is 4.90 Å². The van der Waals surface area contributed by atoms with E-state index in [0.717, 1.165) is 16.2 Å². The molecule has 0 radical (unpaired) electrons. The Balaban J connectivity index is 2.02. The number of rotatable bonds is 5. The van der Waals surface area contributed by atoms with Crippen molar-refractivity contribution in [2.75, 3.05) is 27.0 Å². The number of halogens is 2. The van der Waals surface area contributed by atoms with Gasteiger partial charge in [-0.1, -0.05) is 6.07 Å². The number of carbonyl (C=O) groups is 1. The van der Waals surface area contributed by atoms with Crippen LogP contribution >= 0.6 is 11.8 Å². The Morgan fingerprint density at radius 1 is 1.55 bits per heavy atom. The molecule has 1 fully saturated rings. The summed E-state index contributed by atoms with van der Waals surface area (Å²) in [4.78, 5) is 14.7. The number of ether oxygens (including phenoxy) is 1. The van der Waals surface area contributed by atoms with E-state index in [1.54, 1.807) is 25.9 Å². The minimum Gasteiger partial charge on any atom is -0.496 e. The number of methoxy groups -OCH3 is 1. The molecule has 1 aliphatic heterocycles. The second kappa shape index (κ2) is 6.83. The van der Waals surface area contributed by atoms with Crippen LogP contribution in [0.15, 0.2) is 23.1 Å². The quantitative estimate of drug-likeness (QED) is 0.842. The fourth-order valence-corrected chi connectivity index (χ4v) is 3.03. The van der Waals surface area contributed by atoms with Crippen LogP contribution in [-0.4, -0.2) is 49.7 Å². The first-order chi connectivity index (χ1) is 10.4. The fourth-order valence-electron chi connectivity index (χ4n) is 2.49. The second-order valence-corrected chi connectivity index (χ2v) is 6.23. The Kier molecular flexibility index (Phi) is 5.28. The molecule has 1 unspecified atom stereocenters. The molecular formula is C15H20F2N2O2S. The number of nitrogens with zero attached hydrogens (tertiary/aromatic N) is 1. The lowest BCUT2D eigenvalue weighted by Gasteiger charge is -2.21. The molecular weight excluding hydrogens is 310 g/mol. The summed E-state index contributed by atoms with van der Waals surface area (Å²) in [7, 11) is 3.22. The Morgan fingerprint density at radius 2 is 2.27 bits per heavy atom. The van der Waals surface area contributed by atoms with Crippen molar-refractivity contribution in [3.8, 4) is 5.75 Å². The van der Waals surface area contributed by atoms with E-state index < -0.39 is 24.9 Å². The maximum atomic E-state index is 13.2. The summed E-state index contributed by atoms with van der Waals surface area (Å²) in [6.45, 7) is -0.0822. The molecule has 1 saturated heterocycles. The molecule has 2 rings (SSSR count). The zero-order chi connectivity index (χ0) is 16.3. The molecule has 1 aliphatic rings. The summed E-state index contributed by atoms with van der Waals surface area (Å²) < 4.78 is 31.7. The minimum atomic E-state index is -2.80. The molecule has 0 aromatic heterocycles. The van der Waals surface area contributed by atoms with Crippen LogP contribution in [0.1, 0.15) is 12.0 Å². The number of likely N-dealkylation sites (N-methyl/N-ethyl adjacent to an activating group) is 1. The number of hydrogen-bond donors (Lipinski definition) is 1. The normalized spacial score (nSPS) is 20.0. The number of nitrogens with one attached hydrogen (secondary N) is 1. The number of carbonyl (C=O) groups excluding carboxylic acids is 1. The van der Waals surface area contributed by atoms with Crippen molar-refractivity contribution in [1.29, 1.82) is 0 Å². The number of hydrogen-bond acceptors (Lipinski definition) is 4. The summed E-state index contributed by atoms with van der Waals surface area (Å²) in [6.07, 6.45) is 1.52. The van der Waals surface area contributed by atoms with Crippen molar-refractivity contribution in [3.05, 3.63) is 23.8 Å². The lowest BCUT2D eigenvalue weighted by atomic mass is 10.1. The van der Waals surface area contributed by atoms with Crippen molar-refractivity contribution in [2.45, 2.75) is 29.8 Å². The molecule has 1 aromatic rings. The summed E-state index contributed by atoms with van der Waals surface area (Å²) in [5, 5.41) is 2.58. The highest BCUT2D eigenvalue weighted by atomic mass is 32.2. The van der Waals surface area contributed by atoms with Crippen molar-refractivity contribution < 1.29 is 18.3 Å².